The maximum Gasteiger partial charge on any atom is 0.317 e. The molecule has 3 rings (SSSR count). The number of amides is 2. The van der Waals surface area contributed by atoms with Gasteiger partial charge in [-0.25, -0.2) is 4.79 Å². The van der Waals surface area contributed by atoms with Gasteiger partial charge in [-0.15, -0.1) is 0 Å². The lowest BCUT2D eigenvalue weighted by Gasteiger charge is -2.33. The highest BCUT2D eigenvalue weighted by molar-refractivity contribution is 5.74. The molecule has 132 valence electrons. The number of rotatable bonds is 5. The molecule has 2 aliphatic heterocycles. The van der Waals surface area contributed by atoms with Gasteiger partial charge in [0.2, 0.25) is 0 Å². The molecule has 24 heavy (non-hydrogen) atoms. The fraction of sp³-hybridized carbons (Fsp3) is 0.632. The van der Waals surface area contributed by atoms with Crippen LogP contribution in [0.3, 0.4) is 0 Å². The lowest BCUT2D eigenvalue weighted by Crippen LogP contribution is -2.46. The van der Waals surface area contributed by atoms with Gasteiger partial charge in [0.1, 0.15) is 0 Å². The Labute approximate surface area is 144 Å². The smallest absolute Gasteiger partial charge is 0.317 e. The zero-order valence-electron chi connectivity index (χ0n) is 14.3. The number of hydrogen-bond donors (Lipinski definition) is 1. The summed E-state index contributed by atoms with van der Waals surface area (Å²) in [5.74, 6) is 0. The summed E-state index contributed by atoms with van der Waals surface area (Å²) >= 11 is 0. The maximum atomic E-state index is 12.2. The lowest BCUT2D eigenvalue weighted by atomic mass is 10.1. The van der Waals surface area contributed by atoms with Crippen LogP contribution in [0.5, 0.6) is 0 Å². The zero-order valence-corrected chi connectivity index (χ0v) is 14.3. The Bertz CT molecular complexity index is 495. The first-order valence-corrected chi connectivity index (χ1v) is 9.11. The molecule has 2 saturated heterocycles. The number of nitrogens with one attached hydrogen (secondary N) is 1. The van der Waals surface area contributed by atoms with E-state index in [0.29, 0.717) is 13.2 Å². The maximum absolute atomic E-state index is 12.2. The van der Waals surface area contributed by atoms with E-state index < -0.39 is 0 Å². The molecule has 5 nitrogen and oxygen atoms in total. The van der Waals surface area contributed by atoms with Crippen molar-refractivity contribution in [1.82, 2.24) is 10.2 Å². The molecule has 2 fully saturated rings. The summed E-state index contributed by atoms with van der Waals surface area (Å²) in [6, 6.07) is 10.0. The summed E-state index contributed by atoms with van der Waals surface area (Å²) in [6.07, 6.45) is 5.87. The van der Waals surface area contributed by atoms with Crippen LogP contribution in [-0.2, 0) is 16.0 Å². The minimum Gasteiger partial charge on any atom is -0.376 e. The number of hydrogen-bond acceptors (Lipinski definition) is 3. The number of ether oxygens (including phenoxy) is 2. The van der Waals surface area contributed by atoms with Gasteiger partial charge in [0.25, 0.3) is 0 Å². The van der Waals surface area contributed by atoms with Crippen LogP contribution >= 0.6 is 0 Å². The average molecular weight is 332 g/mol. The number of benzene rings is 1. The summed E-state index contributed by atoms with van der Waals surface area (Å²) in [6.45, 7) is 3.67. The van der Waals surface area contributed by atoms with Crippen LogP contribution in [0.25, 0.3) is 0 Å². The molecule has 0 radical (unpaired) electrons. The molecule has 2 amide bonds. The summed E-state index contributed by atoms with van der Waals surface area (Å²) in [7, 11) is 0. The average Bonchev–Trinajstić information content (AvgIpc) is 2.66. The van der Waals surface area contributed by atoms with E-state index in [9.17, 15) is 4.79 Å². The van der Waals surface area contributed by atoms with Gasteiger partial charge in [0.15, 0.2) is 0 Å². The zero-order chi connectivity index (χ0) is 16.6. The third-order valence-corrected chi connectivity index (χ3v) is 4.81. The molecule has 2 heterocycles. The second-order valence-electron chi connectivity index (χ2n) is 6.65. The Morgan fingerprint density at radius 3 is 2.67 bits per heavy atom. The first-order chi connectivity index (χ1) is 11.8. The molecule has 1 N–H and O–H groups in total. The summed E-state index contributed by atoms with van der Waals surface area (Å²) in [4.78, 5) is 14.1. The second-order valence-corrected chi connectivity index (χ2v) is 6.65. The van der Waals surface area contributed by atoms with E-state index in [2.05, 4.69) is 5.32 Å². The fourth-order valence-electron chi connectivity index (χ4n) is 3.29. The van der Waals surface area contributed by atoms with E-state index in [0.717, 1.165) is 44.5 Å². The molecular formula is C19H28N2O3. The molecule has 5 heteroatoms. The van der Waals surface area contributed by atoms with Gasteiger partial charge in [-0.2, -0.15) is 0 Å². The normalized spacial score (nSPS) is 22.3. The molecule has 1 aromatic rings. The molecule has 0 aliphatic carbocycles. The standard InChI is InChI=1S/C19H28N2O3/c22-19(20-14-16-6-2-1-3-7-16)21-11-9-17(10-12-21)24-15-18-8-4-5-13-23-18/h1-3,6-7,17-18H,4-5,8-15H2,(H,20,22). The van der Waals surface area contributed by atoms with Crippen LogP contribution in [0.2, 0.25) is 0 Å². The molecule has 0 aromatic heterocycles. The topological polar surface area (TPSA) is 50.8 Å². The lowest BCUT2D eigenvalue weighted by molar-refractivity contribution is -0.0728. The minimum atomic E-state index is 0.0212. The molecule has 0 saturated carbocycles. The quantitative estimate of drug-likeness (QED) is 0.902. The third kappa shape index (κ3) is 5.21. The molecule has 1 aromatic carbocycles. The molecule has 0 bridgehead atoms. The number of piperidine rings is 1. The molecule has 0 spiro atoms. The predicted octanol–water partition coefficient (Wildman–Crippen LogP) is 2.95. The van der Waals surface area contributed by atoms with Crippen LogP contribution < -0.4 is 5.32 Å². The van der Waals surface area contributed by atoms with Crippen molar-refractivity contribution in [3.8, 4) is 0 Å². The van der Waals surface area contributed by atoms with Crippen LogP contribution in [0.4, 0.5) is 4.79 Å². The van der Waals surface area contributed by atoms with Crippen molar-refractivity contribution in [2.24, 2.45) is 0 Å². The highest BCUT2D eigenvalue weighted by Gasteiger charge is 2.24. The van der Waals surface area contributed by atoms with Crippen molar-refractivity contribution >= 4 is 6.03 Å². The number of carbonyl (C=O) groups is 1. The van der Waals surface area contributed by atoms with E-state index in [1.807, 2.05) is 35.2 Å². The van der Waals surface area contributed by atoms with Crippen molar-refractivity contribution in [2.75, 3.05) is 26.3 Å². The molecular weight excluding hydrogens is 304 g/mol. The van der Waals surface area contributed by atoms with E-state index in [-0.39, 0.29) is 18.2 Å². The first kappa shape index (κ1) is 17.2. The van der Waals surface area contributed by atoms with E-state index in [1.165, 1.54) is 12.8 Å². The summed E-state index contributed by atoms with van der Waals surface area (Å²) < 4.78 is 11.7. The predicted molar refractivity (Wildman–Crippen MR) is 92.8 cm³/mol. The third-order valence-electron chi connectivity index (χ3n) is 4.81. The number of nitrogens with zero attached hydrogens (tertiary/aromatic N) is 1. The van der Waals surface area contributed by atoms with Gasteiger partial charge in [0.05, 0.1) is 18.8 Å². The van der Waals surface area contributed by atoms with Crippen LogP contribution in [-0.4, -0.2) is 49.4 Å². The second kappa shape index (κ2) is 9.04. The van der Waals surface area contributed by atoms with Gasteiger partial charge in [-0.1, -0.05) is 30.3 Å². The number of urea groups is 1. The van der Waals surface area contributed by atoms with Crippen molar-refractivity contribution in [1.29, 1.82) is 0 Å². The van der Waals surface area contributed by atoms with Crippen molar-refractivity contribution < 1.29 is 14.3 Å². The molecule has 2 aliphatic rings. The number of likely N-dealkylation sites (tertiary alicyclic amines) is 1. The van der Waals surface area contributed by atoms with Gasteiger partial charge >= 0.3 is 6.03 Å². The molecule has 1 unspecified atom stereocenters. The monoisotopic (exact) mass is 332 g/mol. The fourth-order valence-corrected chi connectivity index (χ4v) is 3.29. The largest absolute Gasteiger partial charge is 0.376 e. The van der Waals surface area contributed by atoms with Crippen LogP contribution in [0, 0.1) is 0 Å². The Balaban J connectivity index is 1.33. The van der Waals surface area contributed by atoms with Crippen LogP contribution in [0.15, 0.2) is 30.3 Å². The van der Waals surface area contributed by atoms with Crippen molar-refractivity contribution in [3.05, 3.63) is 35.9 Å². The summed E-state index contributed by atoms with van der Waals surface area (Å²) in [5, 5.41) is 2.99. The van der Waals surface area contributed by atoms with Gasteiger partial charge in [-0.05, 0) is 37.7 Å². The Morgan fingerprint density at radius 1 is 1.17 bits per heavy atom. The minimum absolute atomic E-state index is 0.0212. The van der Waals surface area contributed by atoms with E-state index in [1.54, 1.807) is 0 Å². The van der Waals surface area contributed by atoms with Gasteiger partial charge in [-0.3, -0.25) is 0 Å². The Kier molecular flexibility index (Phi) is 6.49. The first-order valence-electron chi connectivity index (χ1n) is 9.11. The summed E-state index contributed by atoms with van der Waals surface area (Å²) in [5.41, 5.74) is 1.12. The Morgan fingerprint density at radius 2 is 1.96 bits per heavy atom. The van der Waals surface area contributed by atoms with Crippen LogP contribution in [0.1, 0.15) is 37.7 Å². The molecule has 1 atom stereocenters. The van der Waals surface area contributed by atoms with E-state index >= 15 is 0 Å². The SMILES string of the molecule is O=C(NCc1ccccc1)N1CCC(OCC2CCCCO2)CC1. The highest BCUT2D eigenvalue weighted by atomic mass is 16.5. The van der Waals surface area contributed by atoms with Crippen molar-refractivity contribution in [3.63, 3.8) is 0 Å². The van der Waals surface area contributed by atoms with Crippen molar-refractivity contribution in [2.45, 2.75) is 50.9 Å². The van der Waals surface area contributed by atoms with Gasteiger partial charge in [0, 0.05) is 26.2 Å². The van der Waals surface area contributed by atoms with E-state index in [4.69, 9.17) is 9.47 Å². The van der Waals surface area contributed by atoms with Gasteiger partial charge < -0.3 is 19.7 Å². The highest BCUT2D eigenvalue weighted by Crippen LogP contribution is 2.18. The number of carbonyl (C=O) groups excluding carboxylic acids is 1. The Hall–Kier alpha value is -1.59.